The van der Waals surface area contributed by atoms with E-state index in [2.05, 4.69) is 5.32 Å². The summed E-state index contributed by atoms with van der Waals surface area (Å²) < 4.78 is 5.08. The summed E-state index contributed by atoms with van der Waals surface area (Å²) in [4.78, 5) is 26.2. The SMILES string of the molecule is COc1ccc(C(=O)N[C@@H]2CC(=O)N(c3ccc(Cl)cc3)C2)cc1. The maximum atomic E-state index is 12.3. The Kier molecular flexibility index (Phi) is 4.71. The Morgan fingerprint density at radius 2 is 1.83 bits per heavy atom. The van der Waals surface area contributed by atoms with E-state index in [-0.39, 0.29) is 24.3 Å². The first-order chi connectivity index (χ1) is 11.6. The number of nitrogens with zero attached hydrogens (tertiary/aromatic N) is 1. The number of rotatable bonds is 4. The molecule has 0 radical (unpaired) electrons. The summed E-state index contributed by atoms with van der Waals surface area (Å²) in [5.74, 6) is 0.474. The van der Waals surface area contributed by atoms with Gasteiger partial charge in [-0.3, -0.25) is 9.59 Å². The maximum absolute atomic E-state index is 12.3. The summed E-state index contributed by atoms with van der Waals surface area (Å²) in [5.41, 5.74) is 1.32. The molecule has 1 atom stereocenters. The predicted octanol–water partition coefficient (Wildman–Crippen LogP) is 2.88. The fourth-order valence-corrected chi connectivity index (χ4v) is 2.81. The molecule has 3 rings (SSSR count). The van der Waals surface area contributed by atoms with Crippen molar-refractivity contribution in [3.63, 3.8) is 0 Å². The molecule has 0 aliphatic carbocycles. The van der Waals surface area contributed by atoms with Crippen LogP contribution in [0.5, 0.6) is 5.75 Å². The molecule has 5 nitrogen and oxygen atoms in total. The van der Waals surface area contributed by atoms with Gasteiger partial charge in [-0.05, 0) is 48.5 Å². The van der Waals surface area contributed by atoms with Crippen LogP contribution in [-0.4, -0.2) is 31.5 Å². The second-order valence-corrected chi connectivity index (χ2v) is 6.02. The highest BCUT2D eigenvalue weighted by atomic mass is 35.5. The smallest absolute Gasteiger partial charge is 0.251 e. The summed E-state index contributed by atoms with van der Waals surface area (Å²) >= 11 is 5.87. The van der Waals surface area contributed by atoms with Crippen molar-refractivity contribution in [2.24, 2.45) is 0 Å². The Hall–Kier alpha value is -2.53. The number of ether oxygens (including phenoxy) is 1. The molecule has 0 saturated carbocycles. The largest absolute Gasteiger partial charge is 0.497 e. The number of halogens is 1. The third kappa shape index (κ3) is 3.51. The molecule has 1 fully saturated rings. The van der Waals surface area contributed by atoms with Crippen molar-refractivity contribution in [3.05, 3.63) is 59.1 Å². The predicted molar refractivity (Wildman–Crippen MR) is 92.7 cm³/mol. The molecular weight excluding hydrogens is 328 g/mol. The number of amides is 2. The zero-order valence-corrected chi connectivity index (χ0v) is 13.9. The molecule has 1 saturated heterocycles. The van der Waals surface area contributed by atoms with E-state index in [1.807, 2.05) is 0 Å². The number of carbonyl (C=O) groups is 2. The van der Waals surface area contributed by atoms with E-state index < -0.39 is 0 Å². The molecule has 124 valence electrons. The first-order valence-corrected chi connectivity index (χ1v) is 7.95. The van der Waals surface area contributed by atoms with Crippen LogP contribution in [0.3, 0.4) is 0 Å². The molecule has 0 aromatic heterocycles. The summed E-state index contributed by atoms with van der Waals surface area (Å²) in [6.45, 7) is 0.447. The quantitative estimate of drug-likeness (QED) is 0.927. The van der Waals surface area contributed by atoms with Gasteiger partial charge in [0.15, 0.2) is 0 Å². The monoisotopic (exact) mass is 344 g/mol. The Bertz CT molecular complexity index is 744. The Morgan fingerprint density at radius 1 is 1.17 bits per heavy atom. The van der Waals surface area contributed by atoms with Crippen LogP contribution in [0.4, 0.5) is 5.69 Å². The lowest BCUT2D eigenvalue weighted by Crippen LogP contribution is -2.37. The third-order valence-corrected chi connectivity index (χ3v) is 4.20. The van der Waals surface area contributed by atoms with E-state index in [1.165, 1.54) is 0 Å². The minimum atomic E-state index is -0.220. The van der Waals surface area contributed by atoms with Crippen LogP contribution in [0, 0.1) is 0 Å². The molecule has 1 N–H and O–H groups in total. The van der Waals surface area contributed by atoms with Crippen LogP contribution in [0.1, 0.15) is 16.8 Å². The second kappa shape index (κ2) is 6.93. The molecule has 2 aromatic rings. The fourth-order valence-electron chi connectivity index (χ4n) is 2.69. The lowest BCUT2D eigenvalue weighted by Gasteiger charge is -2.17. The van der Waals surface area contributed by atoms with Gasteiger partial charge in [-0.25, -0.2) is 0 Å². The highest BCUT2D eigenvalue weighted by Crippen LogP contribution is 2.23. The number of methoxy groups -OCH3 is 1. The molecule has 2 amide bonds. The number of hydrogen-bond acceptors (Lipinski definition) is 3. The van der Waals surface area contributed by atoms with Gasteiger partial charge in [0.1, 0.15) is 5.75 Å². The van der Waals surface area contributed by atoms with Crippen LogP contribution in [0.2, 0.25) is 5.02 Å². The normalized spacial score (nSPS) is 17.0. The second-order valence-electron chi connectivity index (χ2n) is 5.58. The van der Waals surface area contributed by atoms with Crippen LogP contribution >= 0.6 is 11.6 Å². The molecular formula is C18H17ClN2O3. The topological polar surface area (TPSA) is 58.6 Å². The van der Waals surface area contributed by atoms with Crippen molar-refractivity contribution in [2.75, 3.05) is 18.6 Å². The van der Waals surface area contributed by atoms with Crippen molar-refractivity contribution in [3.8, 4) is 5.75 Å². The van der Waals surface area contributed by atoms with Gasteiger partial charge < -0.3 is 15.0 Å². The number of benzene rings is 2. The van der Waals surface area contributed by atoms with E-state index in [0.717, 1.165) is 5.69 Å². The standard InChI is InChI=1S/C18H17ClN2O3/c1-24-16-8-2-12(3-9-16)18(23)20-14-10-17(22)21(11-14)15-6-4-13(19)5-7-15/h2-9,14H,10-11H2,1H3,(H,20,23)/t14-/m1/s1. The van der Waals surface area contributed by atoms with Gasteiger partial charge in [0.25, 0.3) is 5.91 Å². The van der Waals surface area contributed by atoms with Crippen molar-refractivity contribution in [1.82, 2.24) is 5.32 Å². The Labute approximate surface area is 145 Å². The minimum Gasteiger partial charge on any atom is -0.497 e. The lowest BCUT2D eigenvalue weighted by atomic mass is 10.2. The van der Waals surface area contributed by atoms with Crippen molar-refractivity contribution in [1.29, 1.82) is 0 Å². The van der Waals surface area contributed by atoms with Crippen LogP contribution < -0.4 is 15.0 Å². The number of hydrogen-bond donors (Lipinski definition) is 1. The van der Waals surface area contributed by atoms with E-state index in [9.17, 15) is 9.59 Å². The van der Waals surface area contributed by atoms with E-state index in [0.29, 0.717) is 22.9 Å². The molecule has 0 bridgehead atoms. The first-order valence-electron chi connectivity index (χ1n) is 7.57. The van der Waals surface area contributed by atoms with Crippen molar-refractivity contribution < 1.29 is 14.3 Å². The van der Waals surface area contributed by atoms with E-state index in [1.54, 1.807) is 60.5 Å². The third-order valence-electron chi connectivity index (χ3n) is 3.95. The van der Waals surface area contributed by atoms with Gasteiger partial charge in [-0.1, -0.05) is 11.6 Å². The molecule has 2 aromatic carbocycles. The molecule has 1 aliphatic rings. The molecule has 1 heterocycles. The van der Waals surface area contributed by atoms with Crippen LogP contribution in [-0.2, 0) is 4.79 Å². The van der Waals surface area contributed by atoms with Crippen LogP contribution in [0.25, 0.3) is 0 Å². The van der Waals surface area contributed by atoms with Crippen molar-refractivity contribution in [2.45, 2.75) is 12.5 Å². The Balaban J connectivity index is 1.65. The maximum Gasteiger partial charge on any atom is 0.251 e. The van der Waals surface area contributed by atoms with Crippen LogP contribution in [0.15, 0.2) is 48.5 Å². The van der Waals surface area contributed by atoms with Gasteiger partial charge in [-0.2, -0.15) is 0 Å². The summed E-state index contributed by atoms with van der Waals surface area (Å²) in [6, 6.07) is 13.7. The average Bonchev–Trinajstić information content (AvgIpc) is 2.96. The van der Waals surface area contributed by atoms with Gasteiger partial charge in [0.05, 0.1) is 13.2 Å². The van der Waals surface area contributed by atoms with Gasteiger partial charge in [-0.15, -0.1) is 0 Å². The van der Waals surface area contributed by atoms with Gasteiger partial charge in [0.2, 0.25) is 5.91 Å². The minimum absolute atomic E-state index is 0.0163. The molecule has 6 heteroatoms. The Morgan fingerprint density at radius 3 is 2.46 bits per heavy atom. The lowest BCUT2D eigenvalue weighted by molar-refractivity contribution is -0.117. The first kappa shape index (κ1) is 16.3. The molecule has 24 heavy (non-hydrogen) atoms. The van der Waals surface area contributed by atoms with E-state index >= 15 is 0 Å². The zero-order chi connectivity index (χ0) is 17.1. The average molecular weight is 345 g/mol. The molecule has 0 spiro atoms. The summed E-state index contributed by atoms with van der Waals surface area (Å²) in [5, 5.41) is 3.53. The number of nitrogens with one attached hydrogen (secondary N) is 1. The van der Waals surface area contributed by atoms with Gasteiger partial charge in [0, 0.05) is 29.2 Å². The summed E-state index contributed by atoms with van der Waals surface area (Å²) in [6.07, 6.45) is 0.282. The van der Waals surface area contributed by atoms with Gasteiger partial charge >= 0.3 is 0 Å². The molecule has 1 aliphatic heterocycles. The number of carbonyl (C=O) groups excluding carboxylic acids is 2. The van der Waals surface area contributed by atoms with Crippen molar-refractivity contribution >= 4 is 29.1 Å². The van der Waals surface area contributed by atoms with E-state index in [4.69, 9.17) is 16.3 Å². The fraction of sp³-hybridized carbons (Fsp3) is 0.222. The zero-order valence-electron chi connectivity index (χ0n) is 13.2. The molecule has 0 unspecified atom stereocenters. The number of anilines is 1. The summed E-state index contributed by atoms with van der Waals surface area (Å²) in [7, 11) is 1.57. The highest BCUT2D eigenvalue weighted by Gasteiger charge is 2.31. The highest BCUT2D eigenvalue weighted by molar-refractivity contribution is 6.30.